The van der Waals surface area contributed by atoms with Gasteiger partial charge in [0, 0.05) is 42.4 Å². The Morgan fingerprint density at radius 2 is 2.23 bits per heavy atom. The van der Waals surface area contributed by atoms with Gasteiger partial charge in [0.2, 0.25) is 0 Å². The second kappa shape index (κ2) is 6.06. The van der Waals surface area contributed by atoms with Gasteiger partial charge in [-0.1, -0.05) is 6.92 Å². The third kappa shape index (κ3) is 2.78. The Kier molecular flexibility index (Phi) is 3.84. The van der Waals surface area contributed by atoms with Crippen LogP contribution in [-0.4, -0.2) is 38.8 Å². The molecular formula is C18H20N6O2. The molecule has 4 heterocycles. The lowest BCUT2D eigenvalue weighted by atomic mass is 9.86. The second-order valence-electron chi connectivity index (χ2n) is 6.88. The number of hydrogen-bond acceptors (Lipinski definition) is 5. The number of amides is 2. The van der Waals surface area contributed by atoms with Crippen LogP contribution in [0.2, 0.25) is 0 Å². The number of anilines is 1. The van der Waals surface area contributed by atoms with Crippen molar-refractivity contribution in [3.8, 4) is 11.3 Å². The maximum absolute atomic E-state index is 11.1. The van der Waals surface area contributed by atoms with Gasteiger partial charge in [0.15, 0.2) is 0 Å². The van der Waals surface area contributed by atoms with Gasteiger partial charge < -0.3 is 15.0 Å². The standard InChI is InChI=1S/C18H20N6O2/c1-18(3-4-26-10-18)15-8-20-6-13(22-15)12-9-24(2)14-7-21-16(5-11(12)14)23-17(19)25/h5-9H,3-4,10H2,1-2H3,(H3,19,21,23,25). The third-order valence-corrected chi connectivity index (χ3v) is 4.87. The highest BCUT2D eigenvalue weighted by molar-refractivity contribution is 5.97. The number of nitrogens with two attached hydrogens (primary N) is 1. The molecule has 3 aromatic rings. The lowest BCUT2D eigenvalue weighted by Crippen LogP contribution is -2.23. The third-order valence-electron chi connectivity index (χ3n) is 4.87. The van der Waals surface area contributed by atoms with Gasteiger partial charge in [-0.3, -0.25) is 10.3 Å². The lowest BCUT2D eigenvalue weighted by Gasteiger charge is -2.20. The first-order valence-electron chi connectivity index (χ1n) is 8.38. The van der Waals surface area contributed by atoms with Crippen molar-refractivity contribution in [2.75, 3.05) is 18.5 Å². The molecule has 0 bridgehead atoms. The highest BCUT2D eigenvalue weighted by Gasteiger charge is 2.33. The fourth-order valence-electron chi connectivity index (χ4n) is 3.33. The van der Waals surface area contributed by atoms with Gasteiger partial charge in [-0.2, -0.15) is 0 Å². The van der Waals surface area contributed by atoms with Gasteiger partial charge in [-0.15, -0.1) is 0 Å². The summed E-state index contributed by atoms with van der Waals surface area (Å²) < 4.78 is 7.53. The molecule has 4 rings (SSSR count). The van der Waals surface area contributed by atoms with Crippen molar-refractivity contribution in [3.63, 3.8) is 0 Å². The van der Waals surface area contributed by atoms with E-state index < -0.39 is 6.03 Å². The zero-order valence-electron chi connectivity index (χ0n) is 14.7. The second-order valence-corrected chi connectivity index (χ2v) is 6.88. The molecule has 3 aromatic heterocycles. The molecule has 0 radical (unpaired) electrons. The molecule has 3 N–H and O–H groups in total. The smallest absolute Gasteiger partial charge is 0.317 e. The van der Waals surface area contributed by atoms with E-state index in [9.17, 15) is 4.79 Å². The van der Waals surface area contributed by atoms with E-state index in [-0.39, 0.29) is 5.41 Å². The molecule has 0 aliphatic carbocycles. The van der Waals surface area contributed by atoms with Crippen LogP contribution in [0.3, 0.4) is 0 Å². The van der Waals surface area contributed by atoms with E-state index in [0.29, 0.717) is 12.4 Å². The van der Waals surface area contributed by atoms with Crippen molar-refractivity contribution in [1.29, 1.82) is 0 Å². The van der Waals surface area contributed by atoms with E-state index in [4.69, 9.17) is 15.5 Å². The van der Waals surface area contributed by atoms with Crippen LogP contribution in [0.4, 0.5) is 10.6 Å². The minimum atomic E-state index is -0.648. The zero-order valence-corrected chi connectivity index (χ0v) is 14.7. The molecule has 0 aromatic carbocycles. The van der Waals surface area contributed by atoms with Crippen molar-refractivity contribution >= 4 is 22.8 Å². The van der Waals surface area contributed by atoms with E-state index in [0.717, 1.165) is 40.9 Å². The summed E-state index contributed by atoms with van der Waals surface area (Å²) in [5.74, 6) is 0.401. The summed E-state index contributed by atoms with van der Waals surface area (Å²) in [6.07, 6.45) is 8.18. The van der Waals surface area contributed by atoms with Gasteiger partial charge in [0.1, 0.15) is 5.82 Å². The quantitative estimate of drug-likeness (QED) is 0.751. The Balaban J connectivity index is 1.82. The Morgan fingerprint density at radius 1 is 1.38 bits per heavy atom. The predicted octanol–water partition coefficient (Wildman–Crippen LogP) is 2.20. The van der Waals surface area contributed by atoms with E-state index in [2.05, 4.69) is 22.2 Å². The molecule has 2 amide bonds. The first kappa shape index (κ1) is 16.5. The average Bonchev–Trinajstić information content (AvgIpc) is 3.19. The average molecular weight is 352 g/mol. The molecule has 134 valence electrons. The number of hydrogen-bond donors (Lipinski definition) is 2. The Labute approximate surface area is 150 Å². The first-order valence-corrected chi connectivity index (χ1v) is 8.38. The van der Waals surface area contributed by atoms with Crippen LogP contribution in [0.15, 0.2) is 30.9 Å². The normalized spacial score (nSPS) is 19.8. The minimum Gasteiger partial charge on any atom is -0.380 e. The number of urea groups is 1. The van der Waals surface area contributed by atoms with Crippen molar-refractivity contribution in [2.45, 2.75) is 18.8 Å². The van der Waals surface area contributed by atoms with Crippen LogP contribution in [0.5, 0.6) is 0 Å². The number of nitrogens with zero attached hydrogens (tertiary/aromatic N) is 4. The highest BCUT2D eigenvalue weighted by Crippen LogP contribution is 2.34. The fourth-order valence-corrected chi connectivity index (χ4v) is 3.33. The maximum atomic E-state index is 11.1. The molecule has 1 unspecified atom stereocenters. The maximum Gasteiger partial charge on any atom is 0.317 e. The molecule has 8 heteroatoms. The lowest BCUT2D eigenvalue weighted by molar-refractivity contribution is 0.180. The van der Waals surface area contributed by atoms with Crippen LogP contribution in [-0.2, 0) is 17.2 Å². The van der Waals surface area contributed by atoms with Gasteiger partial charge in [0.05, 0.1) is 35.9 Å². The van der Waals surface area contributed by atoms with E-state index in [1.165, 1.54) is 0 Å². The largest absolute Gasteiger partial charge is 0.380 e. The molecule has 1 aliphatic heterocycles. The SMILES string of the molecule is Cn1cc(-c2cncc(C3(C)CCOC3)n2)c2cc(NC(N)=O)ncc21. The van der Waals surface area contributed by atoms with Crippen LogP contribution in [0.25, 0.3) is 22.2 Å². The number of ether oxygens (including phenoxy) is 1. The van der Waals surface area contributed by atoms with Crippen molar-refractivity contribution in [2.24, 2.45) is 12.8 Å². The number of carbonyl (C=O) groups excluding carboxylic acids is 1. The van der Waals surface area contributed by atoms with Crippen LogP contribution < -0.4 is 11.1 Å². The predicted molar refractivity (Wildman–Crippen MR) is 97.7 cm³/mol. The Hall–Kier alpha value is -3.00. The molecule has 1 fully saturated rings. The van der Waals surface area contributed by atoms with Crippen molar-refractivity contribution in [1.82, 2.24) is 19.5 Å². The summed E-state index contributed by atoms with van der Waals surface area (Å²) in [4.78, 5) is 24.6. The van der Waals surface area contributed by atoms with Gasteiger partial charge in [-0.05, 0) is 12.5 Å². The van der Waals surface area contributed by atoms with Gasteiger partial charge in [0.25, 0.3) is 0 Å². The number of carbonyl (C=O) groups is 1. The Morgan fingerprint density at radius 3 is 2.96 bits per heavy atom. The molecule has 1 aliphatic rings. The fraction of sp³-hybridized carbons (Fsp3) is 0.333. The number of fused-ring (bicyclic) bond motifs is 1. The molecule has 1 saturated heterocycles. The molecule has 8 nitrogen and oxygen atoms in total. The summed E-state index contributed by atoms with van der Waals surface area (Å²) in [6, 6.07) is 1.15. The number of aromatic nitrogens is 4. The summed E-state index contributed by atoms with van der Waals surface area (Å²) in [5.41, 5.74) is 8.63. The zero-order chi connectivity index (χ0) is 18.3. The van der Waals surface area contributed by atoms with Crippen molar-refractivity contribution < 1.29 is 9.53 Å². The summed E-state index contributed by atoms with van der Waals surface area (Å²) in [5, 5.41) is 3.43. The highest BCUT2D eigenvalue weighted by atomic mass is 16.5. The summed E-state index contributed by atoms with van der Waals surface area (Å²) in [7, 11) is 1.94. The molecule has 26 heavy (non-hydrogen) atoms. The topological polar surface area (TPSA) is 108 Å². The van der Waals surface area contributed by atoms with Crippen LogP contribution in [0, 0.1) is 0 Å². The van der Waals surface area contributed by atoms with Crippen molar-refractivity contribution in [3.05, 3.63) is 36.5 Å². The number of aryl methyl sites for hydroxylation is 1. The summed E-state index contributed by atoms with van der Waals surface area (Å²) in [6.45, 7) is 3.54. The summed E-state index contributed by atoms with van der Waals surface area (Å²) >= 11 is 0. The van der Waals surface area contributed by atoms with E-state index in [1.54, 1.807) is 18.5 Å². The minimum absolute atomic E-state index is 0.117. The molecule has 0 saturated carbocycles. The Bertz CT molecular complexity index is 991. The molecule has 1 atom stereocenters. The van der Waals surface area contributed by atoms with Gasteiger partial charge >= 0.3 is 6.03 Å². The molecular weight excluding hydrogens is 332 g/mol. The monoisotopic (exact) mass is 352 g/mol. The number of nitrogens with one attached hydrogen (secondary N) is 1. The van der Waals surface area contributed by atoms with E-state index >= 15 is 0 Å². The number of rotatable bonds is 3. The number of pyridine rings is 1. The van der Waals surface area contributed by atoms with Crippen LogP contribution >= 0.6 is 0 Å². The number of primary amides is 1. The van der Waals surface area contributed by atoms with Crippen LogP contribution in [0.1, 0.15) is 19.0 Å². The van der Waals surface area contributed by atoms with Gasteiger partial charge in [-0.25, -0.2) is 14.8 Å². The first-order chi connectivity index (χ1) is 12.5. The molecule has 0 spiro atoms. The van der Waals surface area contributed by atoms with E-state index in [1.807, 2.05) is 24.0 Å².